The maximum Gasteiger partial charge on any atom is 0.191 e. The average Bonchev–Trinajstić information content (AvgIpc) is 3.16. The smallest absolute Gasteiger partial charge is 0.191 e. The van der Waals surface area contributed by atoms with E-state index >= 15 is 0 Å². The number of aliphatic imine (C=N–C) groups is 1. The second-order valence-corrected chi connectivity index (χ2v) is 7.51. The first-order valence-corrected chi connectivity index (χ1v) is 9.98. The van der Waals surface area contributed by atoms with Crippen LogP contribution in [-0.4, -0.2) is 52.5 Å². The molecule has 1 saturated carbocycles. The molecule has 1 aromatic carbocycles. The maximum absolute atomic E-state index is 5.75. The molecule has 0 radical (unpaired) electrons. The number of hydrogen-bond donors (Lipinski definition) is 2. The average molecular weight is 360 g/mol. The Morgan fingerprint density at radius 1 is 1.27 bits per heavy atom. The molecule has 1 aromatic rings. The predicted octanol–water partition coefficient (Wildman–Crippen LogP) is 2.72. The number of nitrogens with zero attached hydrogens (tertiary/aromatic N) is 1. The molecule has 3 rings (SSSR count). The molecule has 1 atom stereocenters. The zero-order valence-electron chi connectivity index (χ0n) is 16.0. The van der Waals surface area contributed by atoms with Gasteiger partial charge >= 0.3 is 0 Å². The van der Waals surface area contributed by atoms with E-state index in [1.165, 1.54) is 24.8 Å². The van der Waals surface area contributed by atoms with E-state index in [-0.39, 0.29) is 5.41 Å². The van der Waals surface area contributed by atoms with Gasteiger partial charge in [0.1, 0.15) is 0 Å². The van der Waals surface area contributed by atoms with Crippen LogP contribution in [0.1, 0.15) is 37.7 Å². The molecule has 0 spiro atoms. The van der Waals surface area contributed by atoms with Gasteiger partial charge in [0.2, 0.25) is 0 Å². The van der Waals surface area contributed by atoms with Crippen LogP contribution >= 0.6 is 0 Å². The van der Waals surface area contributed by atoms with Crippen molar-refractivity contribution in [3.8, 4) is 0 Å². The van der Waals surface area contributed by atoms with Crippen LogP contribution in [0.15, 0.2) is 35.3 Å². The summed E-state index contributed by atoms with van der Waals surface area (Å²) < 4.78 is 11.1. The lowest BCUT2D eigenvalue weighted by atomic mass is 9.64. The number of guanidine groups is 1. The van der Waals surface area contributed by atoms with Crippen molar-refractivity contribution in [2.45, 2.75) is 37.5 Å². The van der Waals surface area contributed by atoms with Crippen molar-refractivity contribution in [3.63, 3.8) is 0 Å². The quantitative estimate of drug-likeness (QED) is 0.404. The number of benzene rings is 1. The van der Waals surface area contributed by atoms with Crippen LogP contribution in [-0.2, 0) is 14.9 Å². The zero-order chi connectivity index (χ0) is 18.1. The van der Waals surface area contributed by atoms with Crippen LogP contribution < -0.4 is 10.6 Å². The molecular weight excluding hydrogens is 326 g/mol. The van der Waals surface area contributed by atoms with Crippen LogP contribution in [0.2, 0.25) is 0 Å². The molecule has 1 aliphatic heterocycles. The Bertz CT molecular complexity index is 552. The molecule has 1 aliphatic carbocycles. The van der Waals surface area contributed by atoms with E-state index < -0.39 is 0 Å². The molecule has 1 heterocycles. The first-order valence-electron chi connectivity index (χ1n) is 9.98. The first-order chi connectivity index (χ1) is 12.8. The third-order valence-electron chi connectivity index (χ3n) is 5.65. The summed E-state index contributed by atoms with van der Waals surface area (Å²) in [6.45, 7) is 5.18. The topological polar surface area (TPSA) is 54.9 Å². The molecule has 0 amide bonds. The summed E-state index contributed by atoms with van der Waals surface area (Å²) >= 11 is 0. The standard InChI is InChI=1S/C21H33N3O2/c1-22-20(23-12-6-13-25-15-18-9-14-26-16-18)24-17-21(10-5-11-21)19-7-3-2-4-8-19/h2-4,7-8,18H,5-6,9-17H2,1H3,(H2,22,23,24). The summed E-state index contributed by atoms with van der Waals surface area (Å²) in [5.74, 6) is 1.48. The van der Waals surface area contributed by atoms with Crippen molar-refractivity contribution in [3.05, 3.63) is 35.9 Å². The summed E-state index contributed by atoms with van der Waals surface area (Å²) in [5.41, 5.74) is 1.71. The van der Waals surface area contributed by atoms with E-state index in [0.29, 0.717) is 5.92 Å². The lowest BCUT2D eigenvalue weighted by Gasteiger charge is -2.43. The van der Waals surface area contributed by atoms with Crippen molar-refractivity contribution in [2.75, 3.05) is 46.6 Å². The molecule has 5 heteroatoms. The Hall–Kier alpha value is -1.59. The third kappa shape index (κ3) is 5.21. The highest BCUT2D eigenvalue weighted by Gasteiger charge is 2.38. The molecule has 2 aliphatic rings. The predicted molar refractivity (Wildman–Crippen MR) is 106 cm³/mol. The monoisotopic (exact) mass is 359 g/mol. The minimum absolute atomic E-state index is 0.269. The zero-order valence-corrected chi connectivity index (χ0v) is 16.0. The van der Waals surface area contributed by atoms with Crippen molar-refractivity contribution >= 4 is 5.96 Å². The van der Waals surface area contributed by atoms with Crippen LogP contribution in [0.25, 0.3) is 0 Å². The van der Waals surface area contributed by atoms with Crippen molar-refractivity contribution in [1.29, 1.82) is 0 Å². The van der Waals surface area contributed by atoms with Crippen molar-refractivity contribution in [1.82, 2.24) is 10.6 Å². The lowest BCUT2D eigenvalue weighted by molar-refractivity contribution is 0.0888. The summed E-state index contributed by atoms with van der Waals surface area (Å²) in [5, 5.41) is 6.93. The van der Waals surface area contributed by atoms with E-state index in [4.69, 9.17) is 9.47 Å². The van der Waals surface area contributed by atoms with Gasteiger partial charge in [0.05, 0.1) is 13.2 Å². The number of ether oxygens (including phenoxy) is 2. The van der Waals surface area contributed by atoms with Gasteiger partial charge in [-0.05, 0) is 31.2 Å². The third-order valence-corrected chi connectivity index (χ3v) is 5.65. The van der Waals surface area contributed by atoms with Crippen LogP contribution in [0, 0.1) is 5.92 Å². The number of hydrogen-bond acceptors (Lipinski definition) is 3. The van der Waals surface area contributed by atoms with Gasteiger partial charge in [-0.1, -0.05) is 36.8 Å². The molecule has 2 N–H and O–H groups in total. The maximum atomic E-state index is 5.75. The van der Waals surface area contributed by atoms with Gasteiger partial charge in [0.25, 0.3) is 0 Å². The van der Waals surface area contributed by atoms with E-state index in [0.717, 1.165) is 58.3 Å². The van der Waals surface area contributed by atoms with Crippen LogP contribution in [0.3, 0.4) is 0 Å². The molecule has 26 heavy (non-hydrogen) atoms. The largest absolute Gasteiger partial charge is 0.381 e. The minimum Gasteiger partial charge on any atom is -0.381 e. The van der Waals surface area contributed by atoms with Gasteiger partial charge in [-0.2, -0.15) is 0 Å². The fourth-order valence-corrected chi connectivity index (χ4v) is 3.78. The summed E-state index contributed by atoms with van der Waals surface area (Å²) in [7, 11) is 1.84. The molecule has 1 saturated heterocycles. The van der Waals surface area contributed by atoms with Gasteiger partial charge in [0, 0.05) is 44.7 Å². The Morgan fingerprint density at radius 2 is 2.12 bits per heavy atom. The van der Waals surface area contributed by atoms with Gasteiger partial charge in [-0.3, -0.25) is 4.99 Å². The molecule has 2 fully saturated rings. The van der Waals surface area contributed by atoms with E-state index in [2.05, 4.69) is 46.0 Å². The lowest BCUT2D eigenvalue weighted by Crippen LogP contribution is -2.49. The molecular formula is C21H33N3O2. The van der Waals surface area contributed by atoms with Gasteiger partial charge < -0.3 is 20.1 Å². The van der Waals surface area contributed by atoms with Crippen LogP contribution in [0.4, 0.5) is 0 Å². The van der Waals surface area contributed by atoms with Crippen LogP contribution in [0.5, 0.6) is 0 Å². The second-order valence-electron chi connectivity index (χ2n) is 7.51. The molecule has 0 bridgehead atoms. The first kappa shape index (κ1) is 19.2. The normalized spacial score (nSPS) is 22.0. The summed E-state index contributed by atoms with van der Waals surface area (Å²) in [6, 6.07) is 10.9. The fraction of sp³-hybridized carbons (Fsp3) is 0.667. The summed E-state index contributed by atoms with van der Waals surface area (Å²) in [6.07, 6.45) is 5.93. The Kier molecular flexibility index (Phi) is 7.32. The van der Waals surface area contributed by atoms with E-state index in [9.17, 15) is 0 Å². The van der Waals surface area contributed by atoms with E-state index in [1.807, 2.05) is 7.05 Å². The number of rotatable bonds is 9. The molecule has 144 valence electrons. The van der Waals surface area contributed by atoms with Gasteiger partial charge in [-0.15, -0.1) is 0 Å². The summed E-state index contributed by atoms with van der Waals surface area (Å²) in [4.78, 5) is 4.36. The van der Waals surface area contributed by atoms with E-state index in [1.54, 1.807) is 0 Å². The fourth-order valence-electron chi connectivity index (χ4n) is 3.78. The van der Waals surface area contributed by atoms with Crippen molar-refractivity contribution in [2.24, 2.45) is 10.9 Å². The molecule has 0 aromatic heterocycles. The van der Waals surface area contributed by atoms with Gasteiger partial charge in [0.15, 0.2) is 5.96 Å². The van der Waals surface area contributed by atoms with Crippen molar-refractivity contribution < 1.29 is 9.47 Å². The molecule has 1 unspecified atom stereocenters. The minimum atomic E-state index is 0.269. The van der Waals surface area contributed by atoms with Gasteiger partial charge in [-0.25, -0.2) is 0 Å². The Balaban J connectivity index is 1.33. The highest BCUT2D eigenvalue weighted by molar-refractivity contribution is 5.79. The SMILES string of the molecule is CN=C(NCCCOCC1CCOC1)NCC1(c2ccccc2)CCC1. The molecule has 5 nitrogen and oxygen atoms in total. The highest BCUT2D eigenvalue weighted by atomic mass is 16.5. The highest BCUT2D eigenvalue weighted by Crippen LogP contribution is 2.43. The Labute approximate surface area is 157 Å². The Morgan fingerprint density at radius 3 is 2.77 bits per heavy atom. The second kappa shape index (κ2) is 9.93. The number of nitrogens with one attached hydrogen (secondary N) is 2.